The fraction of sp³-hybridized carbons (Fsp3) is 0.412. The Kier molecular flexibility index (Phi) is 4.98. The Morgan fingerprint density at radius 1 is 1.23 bits per heavy atom. The van der Waals surface area contributed by atoms with E-state index in [1.165, 1.54) is 0 Å². The van der Waals surface area contributed by atoms with Crippen molar-refractivity contribution in [1.29, 1.82) is 0 Å². The van der Waals surface area contributed by atoms with Gasteiger partial charge in [-0.1, -0.05) is 13.0 Å². The van der Waals surface area contributed by atoms with Gasteiger partial charge in [-0.2, -0.15) is 5.10 Å². The summed E-state index contributed by atoms with van der Waals surface area (Å²) in [7, 11) is 0. The van der Waals surface area contributed by atoms with Gasteiger partial charge in [0.15, 0.2) is 5.69 Å². The number of nitrogens with one attached hydrogen (secondary N) is 1. The smallest absolute Gasteiger partial charge is 0.271 e. The summed E-state index contributed by atoms with van der Waals surface area (Å²) in [5.41, 5.74) is 4.57. The highest BCUT2D eigenvalue weighted by molar-refractivity contribution is 5.92. The molecule has 1 unspecified atom stereocenters. The van der Waals surface area contributed by atoms with Crippen molar-refractivity contribution in [3.63, 3.8) is 0 Å². The number of aromatic nitrogens is 2. The molecule has 0 aliphatic heterocycles. The second kappa shape index (κ2) is 6.75. The molecule has 0 saturated heterocycles. The summed E-state index contributed by atoms with van der Waals surface area (Å²) in [5, 5.41) is 16.2. The summed E-state index contributed by atoms with van der Waals surface area (Å²) < 4.78 is 1.78. The van der Waals surface area contributed by atoms with Crippen molar-refractivity contribution in [2.24, 2.45) is 5.92 Å². The third kappa shape index (κ3) is 3.74. The van der Waals surface area contributed by atoms with Crippen LogP contribution in [-0.4, -0.2) is 33.9 Å². The lowest BCUT2D eigenvalue weighted by Gasteiger charge is -2.08. The Morgan fingerprint density at radius 2 is 1.86 bits per heavy atom. The summed E-state index contributed by atoms with van der Waals surface area (Å²) in [5.74, 6) is -0.182. The molecule has 0 spiro atoms. The Bertz CT molecular complexity index is 656. The Balaban J connectivity index is 2.22. The molecule has 1 amide bonds. The summed E-state index contributed by atoms with van der Waals surface area (Å²) in [6, 6.07) is 7.97. The highest BCUT2D eigenvalue weighted by Crippen LogP contribution is 2.16. The normalized spacial score (nSPS) is 12.2. The number of aryl methyl sites for hydroxylation is 3. The van der Waals surface area contributed by atoms with Gasteiger partial charge in [-0.25, -0.2) is 4.68 Å². The minimum Gasteiger partial charge on any atom is -0.396 e. The Hall–Kier alpha value is -2.14. The average Bonchev–Trinajstić information content (AvgIpc) is 2.85. The molecule has 0 bridgehead atoms. The maximum Gasteiger partial charge on any atom is 0.271 e. The molecule has 0 radical (unpaired) electrons. The monoisotopic (exact) mass is 301 g/mol. The summed E-state index contributed by atoms with van der Waals surface area (Å²) >= 11 is 0. The molecule has 2 rings (SSSR count). The lowest BCUT2D eigenvalue weighted by molar-refractivity contribution is 0.0937. The zero-order valence-corrected chi connectivity index (χ0v) is 13.6. The number of hydrogen-bond acceptors (Lipinski definition) is 3. The SMILES string of the molecule is Cc1cc(C)cc(-n2nc(C(=O)NCC(C)CO)cc2C)c1. The molecule has 0 aliphatic rings. The van der Waals surface area contributed by atoms with Crippen molar-refractivity contribution < 1.29 is 9.90 Å². The molecule has 1 aromatic carbocycles. The maximum absolute atomic E-state index is 12.1. The molecule has 0 aliphatic carbocycles. The van der Waals surface area contributed by atoms with Crippen molar-refractivity contribution in [3.05, 3.63) is 46.8 Å². The molecule has 22 heavy (non-hydrogen) atoms. The van der Waals surface area contributed by atoms with Gasteiger partial charge < -0.3 is 10.4 Å². The van der Waals surface area contributed by atoms with Crippen LogP contribution in [0.3, 0.4) is 0 Å². The van der Waals surface area contributed by atoms with Gasteiger partial charge in [0.1, 0.15) is 0 Å². The standard InChI is InChI=1S/C17H23N3O2/c1-11-5-12(2)7-15(6-11)20-14(4)8-16(19-20)17(22)18-9-13(3)10-21/h5-8,13,21H,9-10H2,1-4H3,(H,18,22). The van der Waals surface area contributed by atoms with E-state index in [4.69, 9.17) is 5.11 Å². The van der Waals surface area contributed by atoms with Crippen LogP contribution in [0.4, 0.5) is 0 Å². The first-order chi connectivity index (χ1) is 10.4. The number of carbonyl (C=O) groups excluding carboxylic acids is 1. The predicted molar refractivity (Wildman–Crippen MR) is 86.4 cm³/mol. The van der Waals surface area contributed by atoms with Crippen LogP contribution in [0.15, 0.2) is 24.3 Å². The Morgan fingerprint density at radius 3 is 2.45 bits per heavy atom. The van der Waals surface area contributed by atoms with Crippen LogP contribution in [-0.2, 0) is 0 Å². The number of rotatable bonds is 5. The van der Waals surface area contributed by atoms with E-state index in [0.29, 0.717) is 12.2 Å². The van der Waals surface area contributed by atoms with E-state index in [2.05, 4.69) is 16.5 Å². The van der Waals surface area contributed by atoms with Crippen molar-refractivity contribution in [2.45, 2.75) is 27.7 Å². The minimum absolute atomic E-state index is 0.0338. The Labute approximate surface area is 131 Å². The molecule has 1 heterocycles. The number of hydrogen-bond donors (Lipinski definition) is 2. The number of benzene rings is 1. The van der Waals surface area contributed by atoms with E-state index >= 15 is 0 Å². The lowest BCUT2D eigenvalue weighted by atomic mass is 10.1. The number of carbonyl (C=O) groups is 1. The van der Waals surface area contributed by atoms with Gasteiger partial charge in [0.05, 0.1) is 5.69 Å². The van der Waals surface area contributed by atoms with E-state index in [1.54, 1.807) is 10.7 Å². The van der Waals surface area contributed by atoms with E-state index in [-0.39, 0.29) is 18.4 Å². The van der Waals surface area contributed by atoms with E-state index < -0.39 is 0 Å². The largest absolute Gasteiger partial charge is 0.396 e. The van der Waals surface area contributed by atoms with E-state index in [0.717, 1.165) is 22.5 Å². The molecular formula is C17H23N3O2. The molecule has 1 aromatic heterocycles. The number of amides is 1. The van der Waals surface area contributed by atoms with Crippen LogP contribution in [0.25, 0.3) is 5.69 Å². The molecule has 2 N–H and O–H groups in total. The van der Waals surface area contributed by atoms with Gasteiger partial charge in [0.2, 0.25) is 0 Å². The second-order valence-corrected chi connectivity index (χ2v) is 5.93. The van der Waals surface area contributed by atoms with Crippen LogP contribution in [0.1, 0.15) is 34.2 Å². The molecule has 118 valence electrons. The average molecular weight is 301 g/mol. The van der Waals surface area contributed by atoms with Crippen molar-refractivity contribution in [2.75, 3.05) is 13.2 Å². The molecule has 5 nitrogen and oxygen atoms in total. The lowest BCUT2D eigenvalue weighted by Crippen LogP contribution is -2.29. The van der Waals surface area contributed by atoms with Crippen LogP contribution in [0.2, 0.25) is 0 Å². The molecule has 0 fully saturated rings. The molecule has 2 aromatic rings. The quantitative estimate of drug-likeness (QED) is 0.889. The van der Waals surface area contributed by atoms with Crippen molar-refractivity contribution in [1.82, 2.24) is 15.1 Å². The van der Waals surface area contributed by atoms with Gasteiger partial charge in [-0.05, 0) is 56.0 Å². The van der Waals surface area contributed by atoms with Gasteiger partial charge in [0.25, 0.3) is 5.91 Å². The van der Waals surface area contributed by atoms with Gasteiger partial charge >= 0.3 is 0 Å². The zero-order chi connectivity index (χ0) is 16.3. The maximum atomic E-state index is 12.1. The summed E-state index contributed by atoms with van der Waals surface area (Å²) in [4.78, 5) is 12.1. The number of aliphatic hydroxyl groups is 1. The zero-order valence-electron chi connectivity index (χ0n) is 13.6. The number of aliphatic hydroxyl groups excluding tert-OH is 1. The minimum atomic E-state index is -0.216. The fourth-order valence-electron chi connectivity index (χ4n) is 2.34. The van der Waals surface area contributed by atoms with E-state index in [9.17, 15) is 4.79 Å². The van der Waals surface area contributed by atoms with Gasteiger partial charge in [-0.15, -0.1) is 0 Å². The van der Waals surface area contributed by atoms with E-state index in [1.807, 2.05) is 39.8 Å². The fourth-order valence-corrected chi connectivity index (χ4v) is 2.34. The van der Waals surface area contributed by atoms with Crippen molar-refractivity contribution >= 4 is 5.91 Å². The highest BCUT2D eigenvalue weighted by atomic mass is 16.3. The predicted octanol–water partition coefficient (Wildman–Crippen LogP) is 2.16. The summed E-state index contributed by atoms with van der Waals surface area (Å²) in [6.07, 6.45) is 0. The molecule has 1 atom stereocenters. The molecular weight excluding hydrogens is 278 g/mol. The van der Waals surface area contributed by atoms with Gasteiger partial charge in [-0.3, -0.25) is 4.79 Å². The van der Waals surface area contributed by atoms with Crippen LogP contribution in [0.5, 0.6) is 0 Å². The van der Waals surface area contributed by atoms with Gasteiger partial charge in [0, 0.05) is 18.8 Å². The van der Waals surface area contributed by atoms with Crippen LogP contribution >= 0.6 is 0 Å². The molecule has 0 saturated carbocycles. The third-order valence-corrected chi connectivity index (χ3v) is 3.49. The highest BCUT2D eigenvalue weighted by Gasteiger charge is 2.14. The first-order valence-electron chi connectivity index (χ1n) is 7.45. The topological polar surface area (TPSA) is 67.2 Å². The summed E-state index contributed by atoms with van der Waals surface area (Å²) in [6.45, 7) is 8.37. The molecule has 5 heteroatoms. The third-order valence-electron chi connectivity index (χ3n) is 3.49. The second-order valence-electron chi connectivity index (χ2n) is 5.93. The van der Waals surface area contributed by atoms with Crippen LogP contribution < -0.4 is 5.32 Å². The van der Waals surface area contributed by atoms with Crippen LogP contribution in [0, 0.1) is 26.7 Å². The first-order valence-corrected chi connectivity index (χ1v) is 7.45. The van der Waals surface area contributed by atoms with Crippen molar-refractivity contribution in [3.8, 4) is 5.69 Å². The first kappa shape index (κ1) is 16.2. The number of nitrogens with zero attached hydrogens (tertiary/aromatic N) is 2.